The van der Waals surface area contributed by atoms with Crippen molar-refractivity contribution in [1.29, 1.82) is 0 Å². The van der Waals surface area contributed by atoms with Gasteiger partial charge in [0.05, 0.1) is 24.7 Å². The molecule has 1 N–H and O–H groups in total. The smallest absolute Gasteiger partial charge is 0.255 e. The molecule has 2 aliphatic rings. The standard InChI is InChI=1S/C20H22N2O5S/c1-14-2-4-17(13-19(14)28(24,25)22-7-10-26-11-8-22)21-20(23)16-3-5-18-15(12-16)6-9-27-18/h2-5,12-13H,6-11H2,1H3,(H,21,23). The van der Waals surface area contributed by atoms with Crippen LogP contribution < -0.4 is 10.1 Å². The molecular formula is C20H22N2O5S. The molecule has 2 aromatic carbocycles. The zero-order chi connectivity index (χ0) is 19.7. The fourth-order valence-electron chi connectivity index (χ4n) is 3.41. The lowest BCUT2D eigenvalue weighted by molar-refractivity contribution is 0.0730. The van der Waals surface area contributed by atoms with Crippen molar-refractivity contribution in [3.05, 3.63) is 53.1 Å². The largest absolute Gasteiger partial charge is 0.493 e. The summed E-state index contributed by atoms with van der Waals surface area (Å²) in [4.78, 5) is 12.8. The lowest BCUT2D eigenvalue weighted by Crippen LogP contribution is -2.40. The number of ether oxygens (including phenoxy) is 2. The lowest BCUT2D eigenvalue weighted by atomic mass is 10.1. The number of anilines is 1. The molecule has 0 atom stereocenters. The summed E-state index contributed by atoms with van der Waals surface area (Å²) in [5.41, 5.74) is 2.60. The second-order valence-corrected chi connectivity index (χ2v) is 8.78. The van der Waals surface area contributed by atoms with Crippen LogP contribution in [0.15, 0.2) is 41.3 Å². The number of sulfonamides is 1. The van der Waals surface area contributed by atoms with Crippen molar-refractivity contribution < 1.29 is 22.7 Å². The van der Waals surface area contributed by atoms with Gasteiger partial charge in [0.1, 0.15) is 5.75 Å². The van der Waals surface area contributed by atoms with Crippen molar-refractivity contribution >= 4 is 21.6 Å². The summed E-state index contributed by atoms with van der Waals surface area (Å²) in [5.74, 6) is 0.527. The first-order valence-corrected chi connectivity index (χ1v) is 10.6. The highest BCUT2D eigenvalue weighted by Gasteiger charge is 2.28. The van der Waals surface area contributed by atoms with Gasteiger partial charge in [0.2, 0.25) is 10.0 Å². The number of amides is 1. The Labute approximate surface area is 164 Å². The normalized spacial score (nSPS) is 17.0. The van der Waals surface area contributed by atoms with Gasteiger partial charge in [-0.05, 0) is 48.4 Å². The maximum Gasteiger partial charge on any atom is 0.255 e. The van der Waals surface area contributed by atoms with E-state index >= 15 is 0 Å². The third-order valence-corrected chi connectivity index (χ3v) is 7.03. The molecule has 0 bridgehead atoms. The van der Waals surface area contributed by atoms with E-state index in [4.69, 9.17) is 9.47 Å². The number of morpholine rings is 1. The summed E-state index contributed by atoms with van der Waals surface area (Å²) in [6.07, 6.45) is 0.781. The average Bonchev–Trinajstić information content (AvgIpc) is 3.18. The number of aryl methyl sites for hydroxylation is 1. The average molecular weight is 402 g/mol. The Morgan fingerprint density at radius 3 is 2.64 bits per heavy atom. The first-order valence-electron chi connectivity index (χ1n) is 9.21. The molecular weight excluding hydrogens is 380 g/mol. The lowest BCUT2D eigenvalue weighted by Gasteiger charge is -2.26. The van der Waals surface area contributed by atoms with Gasteiger partial charge in [0.25, 0.3) is 5.91 Å². The van der Waals surface area contributed by atoms with Crippen molar-refractivity contribution in [2.75, 3.05) is 38.2 Å². The van der Waals surface area contributed by atoms with E-state index in [-0.39, 0.29) is 10.8 Å². The van der Waals surface area contributed by atoms with Crippen LogP contribution in [0.2, 0.25) is 0 Å². The number of fused-ring (bicyclic) bond motifs is 1. The fourth-order valence-corrected chi connectivity index (χ4v) is 5.07. The molecule has 0 aromatic heterocycles. The number of carbonyl (C=O) groups is 1. The van der Waals surface area contributed by atoms with Crippen molar-refractivity contribution in [3.63, 3.8) is 0 Å². The van der Waals surface area contributed by atoms with Gasteiger partial charge >= 0.3 is 0 Å². The second kappa shape index (κ2) is 7.54. The third-order valence-electron chi connectivity index (χ3n) is 4.99. The van der Waals surface area contributed by atoms with Gasteiger partial charge in [-0.25, -0.2) is 8.42 Å². The van der Waals surface area contributed by atoms with Crippen LogP contribution in [-0.4, -0.2) is 51.5 Å². The molecule has 2 heterocycles. The van der Waals surface area contributed by atoms with Gasteiger partial charge in [-0.15, -0.1) is 0 Å². The first-order chi connectivity index (χ1) is 13.4. The molecule has 0 unspecified atom stereocenters. The van der Waals surface area contributed by atoms with Crippen molar-refractivity contribution in [3.8, 4) is 5.75 Å². The van der Waals surface area contributed by atoms with Crippen LogP contribution in [0.1, 0.15) is 21.5 Å². The van der Waals surface area contributed by atoms with E-state index in [0.717, 1.165) is 17.7 Å². The van der Waals surface area contributed by atoms with E-state index in [1.807, 2.05) is 6.07 Å². The van der Waals surface area contributed by atoms with Gasteiger partial charge in [0.15, 0.2) is 0 Å². The van der Waals surface area contributed by atoms with Crippen LogP contribution in [0.3, 0.4) is 0 Å². The number of benzene rings is 2. The molecule has 1 amide bonds. The molecule has 2 aliphatic heterocycles. The van der Waals surface area contributed by atoms with Gasteiger partial charge in [-0.2, -0.15) is 4.31 Å². The number of nitrogens with zero attached hydrogens (tertiary/aromatic N) is 1. The minimum Gasteiger partial charge on any atom is -0.493 e. The van der Waals surface area contributed by atoms with E-state index in [0.29, 0.717) is 49.7 Å². The van der Waals surface area contributed by atoms with Gasteiger partial charge in [-0.1, -0.05) is 6.07 Å². The van der Waals surface area contributed by atoms with Crippen LogP contribution in [0.5, 0.6) is 5.75 Å². The van der Waals surface area contributed by atoms with Crippen molar-refractivity contribution in [2.45, 2.75) is 18.2 Å². The summed E-state index contributed by atoms with van der Waals surface area (Å²) in [5, 5.41) is 2.80. The predicted molar refractivity (Wildman–Crippen MR) is 104 cm³/mol. The Morgan fingerprint density at radius 1 is 1.07 bits per heavy atom. The molecule has 0 aliphatic carbocycles. The molecule has 1 saturated heterocycles. The summed E-state index contributed by atoms with van der Waals surface area (Å²) < 4.78 is 38.1. The Bertz CT molecular complexity index is 1010. The molecule has 1 fully saturated rings. The molecule has 28 heavy (non-hydrogen) atoms. The number of nitrogens with one attached hydrogen (secondary N) is 1. The van der Waals surface area contributed by atoms with Crippen molar-refractivity contribution in [2.24, 2.45) is 0 Å². The maximum atomic E-state index is 13.0. The molecule has 2 aromatic rings. The summed E-state index contributed by atoms with van der Waals surface area (Å²) in [6, 6.07) is 10.3. The number of carbonyl (C=O) groups excluding carboxylic acids is 1. The molecule has 7 nitrogen and oxygen atoms in total. The van der Waals surface area contributed by atoms with E-state index in [1.165, 1.54) is 10.4 Å². The summed E-state index contributed by atoms with van der Waals surface area (Å²) >= 11 is 0. The molecule has 0 spiro atoms. The molecule has 4 rings (SSSR count). The molecule has 8 heteroatoms. The van der Waals surface area contributed by atoms with E-state index in [1.54, 1.807) is 31.2 Å². The minimum absolute atomic E-state index is 0.203. The van der Waals surface area contributed by atoms with Crippen LogP contribution in [0, 0.1) is 6.92 Å². The SMILES string of the molecule is Cc1ccc(NC(=O)c2ccc3c(c2)CCO3)cc1S(=O)(=O)N1CCOCC1. The van der Waals surface area contributed by atoms with E-state index in [2.05, 4.69) is 5.32 Å². The third kappa shape index (κ3) is 3.63. The zero-order valence-electron chi connectivity index (χ0n) is 15.6. The van der Waals surface area contributed by atoms with E-state index in [9.17, 15) is 13.2 Å². The van der Waals surface area contributed by atoms with Gasteiger partial charge < -0.3 is 14.8 Å². The van der Waals surface area contributed by atoms with Crippen LogP contribution in [-0.2, 0) is 21.2 Å². The number of rotatable bonds is 4. The summed E-state index contributed by atoms with van der Waals surface area (Å²) in [6.45, 7) is 3.80. The van der Waals surface area contributed by atoms with Gasteiger partial charge in [-0.3, -0.25) is 4.79 Å². The number of hydrogen-bond acceptors (Lipinski definition) is 5. The quantitative estimate of drug-likeness (QED) is 0.848. The van der Waals surface area contributed by atoms with Crippen molar-refractivity contribution in [1.82, 2.24) is 4.31 Å². The molecule has 148 valence electrons. The second-order valence-electron chi connectivity index (χ2n) is 6.87. The van der Waals surface area contributed by atoms with Gasteiger partial charge in [0, 0.05) is 30.8 Å². The minimum atomic E-state index is -3.64. The first kappa shape index (κ1) is 18.9. The zero-order valence-corrected chi connectivity index (χ0v) is 16.4. The molecule has 0 radical (unpaired) electrons. The Kier molecular flexibility index (Phi) is 5.09. The Morgan fingerprint density at radius 2 is 1.86 bits per heavy atom. The highest BCUT2D eigenvalue weighted by atomic mass is 32.2. The Balaban J connectivity index is 1.57. The van der Waals surface area contributed by atoms with Crippen LogP contribution in [0.4, 0.5) is 5.69 Å². The maximum absolute atomic E-state index is 13.0. The highest BCUT2D eigenvalue weighted by Crippen LogP contribution is 2.27. The van der Waals surface area contributed by atoms with Crippen LogP contribution >= 0.6 is 0 Å². The highest BCUT2D eigenvalue weighted by molar-refractivity contribution is 7.89. The Hall–Kier alpha value is -2.42. The predicted octanol–water partition coefficient (Wildman–Crippen LogP) is 2.20. The fraction of sp³-hybridized carbons (Fsp3) is 0.350. The van der Waals surface area contributed by atoms with Crippen LogP contribution in [0.25, 0.3) is 0 Å². The monoisotopic (exact) mass is 402 g/mol. The summed E-state index contributed by atoms with van der Waals surface area (Å²) in [7, 11) is -3.64. The van der Waals surface area contributed by atoms with E-state index < -0.39 is 10.0 Å². The topological polar surface area (TPSA) is 84.9 Å². The number of hydrogen-bond donors (Lipinski definition) is 1. The molecule has 0 saturated carbocycles.